The largest absolute Gasteiger partial charge is 0.382 e. The minimum atomic E-state index is 0.861. The van der Waals surface area contributed by atoms with Crippen molar-refractivity contribution < 1.29 is 4.74 Å². The van der Waals surface area contributed by atoms with Gasteiger partial charge in [0.25, 0.3) is 0 Å². The highest BCUT2D eigenvalue weighted by Crippen LogP contribution is 2.11. The zero-order valence-electron chi connectivity index (χ0n) is 14.2. The van der Waals surface area contributed by atoms with Gasteiger partial charge in [-0.3, -0.25) is 0 Å². The molecule has 1 rings (SSSR count). The molecule has 0 amide bonds. The minimum absolute atomic E-state index is 0.861. The van der Waals surface area contributed by atoms with Gasteiger partial charge in [-0.05, 0) is 31.2 Å². The van der Waals surface area contributed by atoms with Crippen molar-refractivity contribution in [3.05, 3.63) is 22.4 Å². The lowest BCUT2D eigenvalue weighted by Crippen LogP contribution is -1.92. The first-order valence-corrected chi connectivity index (χ1v) is 9.91. The van der Waals surface area contributed by atoms with Crippen LogP contribution in [0.1, 0.15) is 82.4 Å². The molecule has 0 atom stereocenters. The van der Waals surface area contributed by atoms with Crippen LogP contribution in [0, 0.1) is 11.8 Å². The van der Waals surface area contributed by atoms with Gasteiger partial charge in [0.2, 0.25) is 0 Å². The highest BCUT2D eigenvalue weighted by atomic mass is 32.1. The lowest BCUT2D eigenvalue weighted by atomic mass is 10.1. The van der Waals surface area contributed by atoms with Crippen molar-refractivity contribution in [3.8, 4) is 11.8 Å². The summed E-state index contributed by atoms with van der Waals surface area (Å²) in [5.41, 5.74) is 0. The van der Waals surface area contributed by atoms with Crippen molar-refractivity contribution in [2.75, 3.05) is 13.2 Å². The smallest absolute Gasteiger partial charge is 0.0768 e. The molecule has 0 spiro atoms. The van der Waals surface area contributed by atoms with E-state index < -0.39 is 0 Å². The van der Waals surface area contributed by atoms with Crippen molar-refractivity contribution in [3.63, 3.8) is 0 Å². The topological polar surface area (TPSA) is 9.23 Å². The van der Waals surface area contributed by atoms with Crippen LogP contribution < -0.4 is 0 Å². The summed E-state index contributed by atoms with van der Waals surface area (Å²) in [5.74, 6) is 6.51. The van der Waals surface area contributed by atoms with E-state index in [0.717, 1.165) is 19.6 Å². The van der Waals surface area contributed by atoms with Crippen LogP contribution in [-0.4, -0.2) is 13.2 Å². The Morgan fingerprint density at radius 1 is 0.909 bits per heavy atom. The molecular weight excluding hydrogens is 288 g/mol. The highest BCUT2D eigenvalue weighted by Gasteiger charge is 1.93. The van der Waals surface area contributed by atoms with Crippen molar-refractivity contribution in [2.45, 2.75) is 77.6 Å². The van der Waals surface area contributed by atoms with Crippen molar-refractivity contribution >= 4 is 11.3 Å². The Bertz CT molecular complexity index is 386. The fourth-order valence-corrected chi connectivity index (χ4v) is 3.07. The fourth-order valence-electron chi connectivity index (χ4n) is 2.48. The van der Waals surface area contributed by atoms with Crippen LogP contribution in [0.3, 0.4) is 0 Å². The van der Waals surface area contributed by atoms with Gasteiger partial charge in [0.05, 0.1) is 4.88 Å². The molecule has 0 unspecified atom stereocenters. The molecule has 1 heterocycles. The molecule has 0 N–H and O–H groups in total. The molecule has 124 valence electrons. The van der Waals surface area contributed by atoms with E-state index in [0.29, 0.717) is 0 Å². The second-order valence-electron chi connectivity index (χ2n) is 5.76. The Labute approximate surface area is 141 Å². The maximum atomic E-state index is 5.35. The van der Waals surface area contributed by atoms with Gasteiger partial charge in [0, 0.05) is 19.6 Å². The molecule has 0 saturated carbocycles. The summed E-state index contributed by atoms with van der Waals surface area (Å²) < 4.78 is 5.35. The SMILES string of the molecule is CCOCCCCCCCCCCCCC#Cc1cccs1. The average molecular weight is 321 g/mol. The number of ether oxygens (including phenoxy) is 1. The molecular formula is C20H32OS. The van der Waals surface area contributed by atoms with E-state index in [1.807, 2.05) is 0 Å². The molecule has 0 aromatic carbocycles. The first kappa shape index (κ1) is 19.3. The molecule has 1 nitrogen and oxygen atoms in total. The molecule has 0 radical (unpaired) electrons. The van der Waals surface area contributed by atoms with Gasteiger partial charge in [0.1, 0.15) is 0 Å². The monoisotopic (exact) mass is 320 g/mol. The zero-order chi connectivity index (χ0) is 15.7. The lowest BCUT2D eigenvalue weighted by molar-refractivity contribution is 0.143. The number of rotatable bonds is 13. The maximum absolute atomic E-state index is 5.35. The van der Waals surface area contributed by atoms with E-state index in [2.05, 4.69) is 36.3 Å². The summed E-state index contributed by atoms with van der Waals surface area (Å²) in [4.78, 5) is 1.20. The standard InChI is InChI=1S/C20H32OS/c1-2-21-18-14-12-10-8-6-4-3-5-7-9-11-13-16-20-17-15-19-22-20/h15,17,19H,2-12,14,18H2,1H3. The lowest BCUT2D eigenvalue weighted by Gasteiger charge is -2.02. The molecule has 0 aliphatic heterocycles. The molecule has 2 heteroatoms. The van der Waals surface area contributed by atoms with Crippen molar-refractivity contribution in [1.82, 2.24) is 0 Å². The summed E-state index contributed by atoms with van der Waals surface area (Å²) >= 11 is 1.73. The Kier molecular flexibility index (Phi) is 13.2. The van der Waals surface area contributed by atoms with Gasteiger partial charge >= 0.3 is 0 Å². The molecule has 1 aromatic heterocycles. The number of hydrogen-bond acceptors (Lipinski definition) is 2. The number of unbranched alkanes of at least 4 members (excludes halogenated alkanes) is 10. The molecule has 1 aromatic rings. The number of hydrogen-bond donors (Lipinski definition) is 0. The molecule has 0 aliphatic rings. The molecule has 0 bridgehead atoms. The summed E-state index contributed by atoms with van der Waals surface area (Å²) in [7, 11) is 0. The summed E-state index contributed by atoms with van der Waals surface area (Å²) in [5, 5.41) is 2.09. The van der Waals surface area contributed by atoms with E-state index in [-0.39, 0.29) is 0 Å². The van der Waals surface area contributed by atoms with Gasteiger partial charge in [0.15, 0.2) is 0 Å². The Morgan fingerprint density at radius 2 is 1.55 bits per heavy atom. The summed E-state index contributed by atoms with van der Waals surface area (Å²) in [6.07, 6.45) is 14.6. The quantitative estimate of drug-likeness (QED) is 0.301. The van der Waals surface area contributed by atoms with Gasteiger partial charge in [-0.15, -0.1) is 11.3 Å². The van der Waals surface area contributed by atoms with Crippen LogP contribution in [0.4, 0.5) is 0 Å². The maximum Gasteiger partial charge on any atom is 0.0768 e. The van der Waals surface area contributed by atoms with E-state index in [1.165, 1.54) is 69.1 Å². The Morgan fingerprint density at radius 3 is 2.14 bits per heavy atom. The summed E-state index contributed by atoms with van der Waals surface area (Å²) in [6, 6.07) is 4.15. The van der Waals surface area contributed by atoms with Gasteiger partial charge in [-0.25, -0.2) is 0 Å². The van der Waals surface area contributed by atoms with E-state index in [9.17, 15) is 0 Å². The molecule has 0 fully saturated rings. The zero-order valence-corrected chi connectivity index (χ0v) is 15.1. The van der Waals surface area contributed by atoms with Gasteiger partial charge in [-0.2, -0.15) is 0 Å². The van der Waals surface area contributed by atoms with E-state index >= 15 is 0 Å². The predicted octanol–water partition coefficient (Wildman–Crippen LogP) is 6.43. The van der Waals surface area contributed by atoms with Crippen LogP contribution >= 0.6 is 11.3 Å². The molecule has 22 heavy (non-hydrogen) atoms. The average Bonchev–Trinajstić information content (AvgIpc) is 3.04. The fraction of sp³-hybridized carbons (Fsp3) is 0.700. The highest BCUT2D eigenvalue weighted by molar-refractivity contribution is 7.10. The van der Waals surface area contributed by atoms with Crippen LogP contribution in [0.2, 0.25) is 0 Å². The third-order valence-corrected chi connectivity index (χ3v) is 4.56. The van der Waals surface area contributed by atoms with Gasteiger partial charge < -0.3 is 4.74 Å². The van der Waals surface area contributed by atoms with Crippen LogP contribution in [-0.2, 0) is 4.74 Å². The minimum Gasteiger partial charge on any atom is -0.382 e. The number of thiophene rings is 1. The van der Waals surface area contributed by atoms with Crippen LogP contribution in [0.5, 0.6) is 0 Å². The predicted molar refractivity (Wildman–Crippen MR) is 98.5 cm³/mol. The first-order chi connectivity index (χ1) is 10.9. The van der Waals surface area contributed by atoms with Crippen LogP contribution in [0.25, 0.3) is 0 Å². The molecule has 0 aliphatic carbocycles. The normalized spacial score (nSPS) is 10.4. The van der Waals surface area contributed by atoms with Crippen LogP contribution in [0.15, 0.2) is 17.5 Å². The third-order valence-electron chi connectivity index (χ3n) is 3.78. The van der Waals surface area contributed by atoms with Crippen molar-refractivity contribution in [1.29, 1.82) is 0 Å². The van der Waals surface area contributed by atoms with E-state index in [1.54, 1.807) is 11.3 Å². The Hall–Kier alpha value is -0.780. The molecule has 0 saturated heterocycles. The Balaban J connectivity index is 1.75. The second-order valence-corrected chi connectivity index (χ2v) is 6.71. The second kappa shape index (κ2) is 15.1. The van der Waals surface area contributed by atoms with Gasteiger partial charge in [-0.1, -0.05) is 69.3 Å². The van der Waals surface area contributed by atoms with Crippen molar-refractivity contribution in [2.24, 2.45) is 0 Å². The first-order valence-electron chi connectivity index (χ1n) is 9.03. The van der Waals surface area contributed by atoms with E-state index in [4.69, 9.17) is 4.74 Å². The third kappa shape index (κ3) is 11.8. The summed E-state index contributed by atoms with van der Waals surface area (Å²) in [6.45, 7) is 3.88.